The maximum atomic E-state index is 11.9. The molecule has 0 aliphatic carbocycles. The summed E-state index contributed by atoms with van der Waals surface area (Å²) in [6.45, 7) is 5.15. The second-order valence-electron chi connectivity index (χ2n) is 4.51. The molecule has 0 aromatic carbocycles. The Morgan fingerprint density at radius 3 is 2.56 bits per heavy atom. The molecule has 16 heavy (non-hydrogen) atoms. The molecule has 2 rings (SSSR count). The SMILES string of the molecule is CC(=O)N1CCN(C2CCNCC2)C(=O)C1. The van der Waals surface area contributed by atoms with Crippen molar-refractivity contribution < 1.29 is 9.59 Å². The fourth-order valence-electron chi connectivity index (χ4n) is 2.46. The van der Waals surface area contributed by atoms with E-state index in [1.165, 1.54) is 6.92 Å². The monoisotopic (exact) mass is 225 g/mol. The van der Waals surface area contributed by atoms with E-state index in [-0.39, 0.29) is 18.4 Å². The van der Waals surface area contributed by atoms with Gasteiger partial charge in [0.15, 0.2) is 0 Å². The van der Waals surface area contributed by atoms with Crippen molar-refractivity contribution in [3.05, 3.63) is 0 Å². The van der Waals surface area contributed by atoms with Crippen LogP contribution >= 0.6 is 0 Å². The summed E-state index contributed by atoms with van der Waals surface area (Å²) in [6, 6.07) is 0.378. The van der Waals surface area contributed by atoms with Gasteiger partial charge in [0, 0.05) is 26.1 Å². The molecule has 0 atom stereocenters. The molecule has 5 heteroatoms. The number of carbonyl (C=O) groups is 2. The van der Waals surface area contributed by atoms with Crippen molar-refractivity contribution >= 4 is 11.8 Å². The molecule has 1 N–H and O–H groups in total. The van der Waals surface area contributed by atoms with Crippen LogP contribution in [0.2, 0.25) is 0 Å². The summed E-state index contributed by atoms with van der Waals surface area (Å²) >= 11 is 0. The second-order valence-corrected chi connectivity index (χ2v) is 4.51. The Bertz CT molecular complexity index is 287. The topological polar surface area (TPSA) is 52.7 Å². The van der Waals surface area contributed by atoms with E-state index in [0.29, 0.717) is 19.1 Å². The number of amides is 2. The van der Waals surface area contributed by atoms with Crippen LogP contribution in [-0.4, -0.2) is 60.4 Å². The second kappa shape index (κ2) is 4.82. The molecule has 90 valence electrons. The lowest BCUT2D eigenvalue weighted by Gasteiger charge is -2.40. The van der Waals surface area contributed by atoms with Crippen LogP contribution in [0.3, 0.4) is 0 Å². The molecule has 0 bridgehead atoms. The van der Waals surface area contributed by atoms with Crippen LogP contribution in [0.25, 0.3) is 0 Å². The highest BCUT2D eigenvalue weighted by Gasteiger charge is 2.30. The first kappa shape index (κ1) is 11.4. The molecule has 0 aromatic rings. The Morgan fingerprint density at radius 1 is 1.31 bits per heavy atom. The highest BCUT2D eigenvalue weighted by Crippen LogP contribution is 2.15. The van der Waals surface area contributed by atoms with E-state index in [1.54, 1.807) is 4.90 Å². The maximum absolute atomic E-state index is 11.9. The van der Waals surface area contributed by atoms with Crippen LogP contribution in [0.5, 0.6) is 0 Å². The molecule has 2 aliphatic heterocycles. The molecule has 2 saturated heterocycles. The quantitative estimate of drug-likeness (QED) is 0.650. The minimum atomic E-state index is -0.00156. The van der Waals surface area contributed by atoms with E-state index in [0.717, 1.165) is 25.9 Å². The predicted octanol–water partition coefficient (Wildman–Crippen LogP) is -0.571. The van der Waals surface area contributed by atoms with E-state index in [1.807, 2.05) is 4.90 Å². The molecule has 0 radical (unpaired) electrons. The van der Waals surface area contributed by atoms with E-state index >= 15 is 0 Å². The first-order chi connectivity index (χ1) is 7.68. The van der Waals surface area contributed by atoms with Gasteiger partial charge in [0.2, 0.25) is 11.8 Å². The van der Waals surface area contributed by atoms with Crippen LogP contribution in [0.1, 0.15) is 19.8 Å². The van der Waals surface area contributed by atoms with Gasteiger partial charge in [0.1, 0.15) is 0 Å². The number of rotatable bonds is 1. The summed E-state index contributed by atoms with van der Waals surface area (Å²) in [4.78, 5) is 26.7. The van der Waals surface area contributed by atoms with Gasteiger partial charge in [-0.2, -0.15) is 0 Å². The zero-order chi connectivity index (χ0) is 11.5. The van der Waals surface area contributed by atoms with Gasteiger partial charge in [0.25, 0.3) is 0 Å². The molecular formula is C11H19N3O2. The molecule has 0 spiro atoms. The number of hydrogen-bond donors (Lipinski definition) is 1. The molecule has 0 saturated carbocycles. The van der Waals surface area contributed by atoms with E-state index in [2.05, 4.69) is 5.32 Å². The van der Waals surface area contributed by atoms with E-state index in [4.69, 9.17) is 0 Å². The largest absolute Gasteiger partial charge is 0.336 e. The molecule has 2 amide bonds. The van der Waals surface area contributed by atoms with Gasteiger partial charge >= 0.3 is 0 Å². The predicted molar refractivity (Wildman–Crippen MR) is 59.9 cm³/mol. The van der Waals surface area contributed by atoms with Crippen LogP contribution < -0.4 is 5.32 Å². The maximum Gasteiger partial charge on any atom is 0.242 e. The number of piperazine rings is 1. The number of hydrogen-bond acceptors (Lipinski definition) is 3. The fraction of sp³-hybridized carbons (Fsp3) is 0.818. The van der Waals surface area contributed by atoms with Gasteiger partial charge in [-0.1, -0.05) is 0 Å². The zero-order valence-corrected chi connectivity index (χ0v) is 9.74. The summed E-state index contributed by atoms with van der Waals surface area (Å²) < 4.78 is 0. The highest BCUT2D eigenvalue weighted by molar-refractivity contribution is 5.85. The third-order valence-electron chi connectivity index (χ3n) is 3.45. The highest BCUT2D eigenvalue weighted by atomic mass is 16.2. The Balaban J connectivity index is 1.93. The summed E-state index contributed by atoms with van der Waals surface area (Å²) in [5, 5.41) is 3.29. The van der Waals surface area contributed by atoms with Crippen LogP contribution in [-0.2, 0) is 9.59 Å². The number of carbonyl (C=O) groups excluding carboxylic acids is 2. The van der Waals surface area contributed by atoms with Crippen molar-refractivity contribution in [2.45, 2.75) is 25.8 Å². The number of nitrogens with one attached hydrogen (secondary N) is 1. The van der Waals surface area contributed by atoms with Crippen molar-refractivity contribution in [3.63, 3.8) is 0 Å². The van der Waals surface area contributed by atoms with Crippen molar-refractivity contribution in [2.75, 3.05) is 32.7 Å². The minimum Gasteiger partial charge on any atom is -0.336 e. The lowest BCUT2D eigenvalue weighted by atomic mass is 10.0. The lowest BCUT2D eigenvalue weighted by Crippen LogP contribution is -2.56. The van der Waals surface area contributed by atoms with Crippen molar-refractivity contribution in [3.8, 4) is 0 Å². The summed E-state index contributed by atoms with van der Waals surface area (Å²) in [7, 11) is 0. The first-order valence-electron chi connectivity index (χ1n) is 5.94. The van der Waals surface area contributed by atoms with Gasteiger partial charge in [0.05, 0.1) is 6.54 Å². The first-order valence-corrected chi connectivity index (χ1v) is 5.94. The molecule has 2 aliphatic rings. The van der Waals surface area contributed by atoms with Gasteiger partial charge in [-0.15, -0.1) is 0 Å². The van der Waals surface area contributed by atoms with E-state index in [9.17, 15) is 9.59 Å². The Morgan fingerprint density at radius 2 is 2.00 bits per heavy atom. The smallest absolute Gasteiger partial charge is 0.242 e. The number of nitrogens with zero attached hydrogens (tertiary/aromatic N) is 2. The van der Waals surface area contributed by atoms with Crippen molar-refractivity contribution in [1.82, 2.24) is 15.1 Å². The van der Waals surface area contributed by atoms with E-state index < -0.39 is 0 Å². The van der Waals surface area contributed by atoms with Crippen molar-refractivity contribution in [2.24, 2.45) is 0 Å². The van der Waals surface area contributed by atoms with Gasteiger partial charge < -0.3 is 15.1 Å². The molecule has 0 unspecified atom stereocenters. The summed E-state index contributed by atoms with van der Waals surface area (Å²) in [5.74, 6) is 0.103. The normalized spacial score (nSPS) is 23.7. The zero-order valence-electron chi connectivity index (χ0n) is 9.74. The van der Waals surface area contributed by atoms with Crippen LogP contribution in [0.15, 0.2) is 0 Å². The molecule has 2 fully saturated rings. The molecule has 0 aromatic heterocycles. The third kappa shape index (κ3) is 2.35. The average Bonchev–Trinajstić information content (AvgIpc) is 2.30. The van der Waals surface area contributed by atoms with Crippen molar-refractivity contribution in [1.29, 1.82) is 0 Å². The lowest BCUT2D eigenvalue weighted by molar-refractivity contribution is -0.146. The standard InChI is InChI=1S/C11H19N3O2/c1-9(15)13-6-7-14(11(16)8-13)10-2-4-12-5-3-10/h10,12H,2-8H2,1H3. The van der Waals surface area contributed by atoms with Crippen LogP contribution in [0, 0.1) is 0 Å². The van der Waals surface area contributed by atoms with Gasteiger partial charge in [-0.05, 0) is 25.9 Å². The Hall–Kier alpha value is -1.10. The molecular weight excluding hydrogens is 206 g/mol. The van der Waals surface area contributed by atoms with Crippen LogP contribution in [0.4, 0.5) is 0 Å². The Kier molecular flexibility index (Phi) is 3.43. The Labute approximate surface area is 95.8 Å². The molecule has 2 heterocycles. The third-order valence-corrected chi connectivity index (χ3v) is 3.45. The fourth-order valence-corrected chi connectivity index (χ4v) is 2.46. The average molecular weight is 225 g/mol. The minimum absolute atomic E-state index is 0.00156. The molecule has 5 nitrogen and oxygen atoms in total. The summed E-state index contributed by atoms with van der Waals surface area (Å²) in [6.07, 6.45) is 2.07. The summed E-state index contributed by atoms with van der Waals surface area (Å²) in [5.41, 5.74) is 0. The number of piperidine rings is 1. The van der Waals surface area contributed by atoms with Gasteiger partial charge in [-0.25, -0.2) is 0 Å². The van der Waals surface area contributed by atoms with Gasteiger partial charge in [-0.3, -0.25) is 9.59 Å².